The lowest BCUT2D eigenvalue weighted by atomic mass is 10.2. The molecule has 13 nitrogen and oxygen atoms in total. The summed E-state index contributed by atoms with van der Waals surface area (Å²) in [7, 11) is 0. The van der Waals surface area contributed by atoms with Gasteiger partial charge in [0.25, 0.3) is 0 Å². The first-order valence-corrected chi connectivity index (χ1v) is 7.67. The Morgan fingerprint density at radius 1 is 1.12 bits per heavy atom. The Kier molecular flexibility index (Phi) is 5.80. The Labute approximate surface area is 143 Å². The Morgan fingerprint density at radius 3 is 2.04 bits per heavy atom. The first-order chi connectivity index (χ1) is 11.6. The molecule has 1 heterocycles. The van der Waals surface area contributed by atoms with Gasteiger partial charge >= 0.3 is 5.69 Å². The second-order valence-electron chi connectivity index (χ2n) is 5.20. The number of rotatable bonds is 5. The summed E-state index contributed by atoms with van der Waals surface area (Å²) < 4.78 is 3.66. The first-order valence-electron chi connectivity index (χ1n) is 6.86. The number of H-pyrrole nitrogens is 1. The molecule has 1 aromatic carbocycles. The summed E-state index contributed by atoms with van der Waals surface area (Å²) in [4.78, 5) is 15.9. The second-order valence-corrected chi connectivity index (χ2v) is 5.98. The highest BCUT2D eigenvalue weighted by atomic mass is 32.1. The van der Waals surface area contributed by atoms with E-state index in [0.717, 1.165) is 23.7 Å². The molecule has 0 radical (unpaired) electrons. The van der Waals surface area contributed by atoms with Gasteiger partial charge in [-0.1, -0.05) is 0 Å². The summed E-state index contributed by atoms with van der Waals surface area (Å²) in [6, 6.07) is 1.34. The SMILES string of the molecule is CC(C)n1c(=O)[nH]sc1=Nc1c([NH+]([O-])O)cc([NH+]([O-])O)cc1[NH+]([O-])O. The van der Waals surface area contributed by atoms with Crippen LogP contribution < -0.4 is 26.2 Å². The zero-order valence-electron chi connectivity index (χ0n) is 13.0. The highest BCUT2D eigenvalue weighted by Gasteiger charge is 2.24. The molecule has 138 valence electrons. The maximum Gasteiger partial charge on any atom is 0.337 e. The minimum Gasteiger partial charge on any atom is -0.595 e. The van der Waals surface area contributed by atoms with Gasteiger partial charge in [0.1, 0.15) is 0 Å². The van der Waals surface area contributed by atoms with E-state index in [1.165, 1.54) is 4.57 Å². The molecule has 25 heavy (non-hydrogen) atoms. The van der Waals surface area contributed by atoms with E-state index >= 15 is 0 Å². The minimum absolute atomic E-state index is 0.0630. The van der Waals surface area contributed by atoms with Gasteiger partial charge in [-0.3, -0.25) is 8.94 Å². The number of quaternary nitrogens is 3. The van der Waals surface area contributed by atoms with E-state index in [-0.39, 0.29) is 10.8 Å². The van der Waals surface area contributed by atoms with Gasteiger partial charge in [-0.15, -0.1) is 0 Å². The molecular formula is C11H16N6O7S. The molecule has 0 fully saturated rings. The maximum atomic E-state index is 11.8. The van der Waals surface area contributed by atoms with E-state index in [1.807, 2.05) is 0 Å². The van der Waals surface area contributed by atoms with E-state index in [9.17, 15) is 30.8 Å². The molecule has 0 saturated carbocycles. The van der Waals surface area contributed by atoms with Crippen molar-refractivity contribution in [2.24, 2.45) is 4.99 Å². The highest BCUT2D eigenvalue weighted by Crippen LogP contribution is 2.31. The Hall–Kier alpha value is -1.98. The molecule has 2 rings (SSSR count). The van der Waals surface area contributed by atoms with E-state index in [1.54, 1.807) is 13.8 Å². The molecule has 3 atom stereocenters. The summed E-state index contributed by atoms with van der Waals surface area (Å²) in [6.07, 6.45) is 0. The molecule has 0 spiro atoms. The Balaban J connectivity index is 2.85. The first kappa shape index (κ1) is 19.3. The standard InChI is InChI=1S/C11H16N6O7S/c1-5(2)14-10(18)13-25-11(14)12-9-7(16(21)22)3-6(15(19)20)4-8(9)17(23)24/h3-5,15-17,19,21,23H,1-2H3,(H,13,18). The number of aromatic amines is 1. The number of nitrogens with one attached hydrogen (secondary N) is 4. The van der Waals surface area contributed by atoms with Crippen LogP contribution >= 0.6 is 11.5 Å². The van der Waals surface area contributed by atoms with Crippen LogP contribution in [0.2, 0.25) is 0 Å². The zero-order chi connectivity index (χ0) is 18.9. The van der Waals surface area contributed by atoms with Crippen molar-refractivity contribution >= 4 is 34.3 Å². The van der Waals surface area contributed by atoms with E-state index in [2.05, 4.69) is 9.37 Å². The quantitative estimate of drug-likeness (QED) is 0.275. The predicted octanol–water partition coefficient (Wildman–Crippen LogP) is -2.74. The molecule has 14 heteroatoms. The van der Waals surface area contributed by atoms with E-state index in [0.29, 0.717) is 0 Å². The van der Waals surface area contributed by atoms with Gasteiger partial charge in [0.05, 0.1) is 12.1 Å². The summed E-state index contributed by atoms with van der Waals surface area (Å²) in [6.45, 7) is 3.40. The molecule has 0 saturated heterocycles. The number of aromatic nitrogens is 2. The van der Waals surface area contributed by atoms with Crippen LogP contribution in [-0.2, 0) is 0 Å². The largest absolute Gasteiger partial charge is 0.595 e. The molecule has 0 amide bonds. The van der Waals surface area contributed by atoms with Crippen LogP contribution in [0.1, 0.15) is 19.9 Å². The van der Waals surface area contributed by atoms with E-state index in [4.69, 9.17) is 5.21 Å². The van der Waals surface area contributed by atoms with Gasteiger partial charge in [0.15, 0.2) is 11.4 Å². The third-order valence-corrected chi connectivity index (χ3v) is 3.94. The number of hydrogen-bond donors (Lipinski definition) is 7. The molecule has 2 aromatic rings. The summed E-state index contributed by atoms with van der Waals surface area (Å²) >= 11 is 0.807. The van der Waals surface area contributed by atoms with Crippen molar-refractivity contribution < 1.29 is 31.3 Å². The van der Waals surface area contributed by atoms with Gasteiger partial charge in [-0.05, 0) is 25.4 Å². The molecular weight excluding hydrogens is 360 g/mol. The van der Waals surface area contributed by atoms with Crippen LogP contribution in [0.4, 0.5) is 22.7 Å². The maximum absolute atomic E-state index is 11.8. The average Bonchev–Trinajstić information content (AvgIpc) is 2.87. The van der Waals surface area contributed by atoms with Crippen molar-refractivity contribution in [3.05, 3.63) is 43.0 Å². The molecule has 0 aliphatic heterocycles. The van der Waals surface area contributed by atoms with Gasteiger partial charge < -0.3 is 15.6 Å². The van der Waals surface area contributed by atoms with Crippen molar-refractivity contribution in [3.8, 4) is 0 Å². The fourth-order valence-corrected chi connectivity index (χ4v) is 2.91. The van der Waals surface area contributed by atoms with Gasteiger partial charge in [0, 0.05) is 6.04 Å². The van der Waals surface area contributed by atoms with Crippen LogP contribution in [0.3, 0.4) is 0 Å². The third kappa shape index (κ3) is 3.99. The molecule has 0 aliphatic rings. The predicted molar refractivity (Wildman–Crippen MR) is 82.3 cm³/mol. The van der Waals surface area contributed by atoms with Crippen LogP contribution in [0, 0.1) is 15.6 Å². The van der Waals surface area contributed by atoms with Crippen molar-refractivity contribution in [1.82, 2.24) is 8.94 Å². The lowest BCUT2D eigenvalue weighted by Crippen LogP contribution is -3.02. The van der Waals surface area contributed by atoms with Gasteiger partial charge in [-0.25, -0.2) is 25.4 Å². The van der Waals surface area contributed by atoms with Crippen molar-refractivity contribution in [2.75, 3.05) is 0 Å². The molecule has 7 N–H and O–H groups in total. The smallest absolute Gasteiger partial charge is 0.337 e. The normalized spacial score (nSPS) is 16.3. The summed E-state index contributed by atoms with van der Waals surface area (Å²) in [5, 5.41) is 57.2. The zero-order valence-corrected chi connectivity index (χ0v) is 13.8. The topological polar surface area (TPSA) is 193 Å². The fourth-order valence-electron chi connectivity index (χ4n) is 2.11. The third-order valence-electron chi connectivity index (χ3n) is 3.20. The summed E-state index contributed by atoms with van der Waals surface area (Å²) in [5.41, 5.74) is -2.58. The van der Waals surface area contributed by atoms with Crippen LogP contribution in [0.25, 0.3) is 0 Å². The van der Waals surface area contributed by atoms with Crippen molar-refractivity contribution in [1.29, 1.82) is 0 Å². The number of benzene rings is 1. The van der Waals surface area contributed by atoms with Crippen LogP contribution in [-0.4, -0.2) is 24.6 Å². The Morgan fingerprint density at radius 2 is 1.64 bits per heavy atom. The second kappa shape index (κ2) is 7.50. The monoisotopic (exact) mass is 376 g/mol. The lowest BCUT2D eigenvalue weighted by Gasteiger charge is -2.21. The van der Waals surface area contributed by atoms with Crippen LogP contribution in [0.15, 0.2) is 21.9 Å². The fraction of sp³-hybridized carbons (Fsp3) is 0.273. The van der Waals surface area contributed by atoms with Crippen LogP contribution in [0.5, 0.6) is 0 Å². The minimum atomic E-state index is -1.54. The van der Waals surface area contributed by atoms with Gasteiger partial charge in [-0.2, -0.15) is 15.7 Å². The van der Waals surface area contributed by atoms with Crippen molar-refractivity contribution in [3.63, 3.8) is 0 Å². The van der Waals surface area contributed by atoms with E-state index < -0.39 is 44.1 Å². The number of nitrogens with zero attached hydrogens (tertiary/aromatic N) is 2. The van der Waals surface area contributed by atoms with Crippen molar-refractivity contribution in [2.45, 2.75) is 19.9 Å². The highest BCUT2D eigenvalue weighted by molar-refractivity contribution is 7.02. The lowest BCUT2D eigenvalue weighted by molar-refractivity contribution is -1.00. The Bertz CT molecular complexity index is 839. The molecule has 1 aromatic heterocycles. The average molecular weight is 376 g/mol. The molecule has 0 bridgehead atoms. The number of hydrogen-bond acceptors (Lipinski definition) is 9. The molecule has 3 unspecified atom stereocenters. The van der Waals surface area contributed by atoms with Gasteiger partial charge in [0.2, 0.25) is 16.2 Å². The molecule has 0 aliphatic carbocycles. The summed E-state index contributed by atoms with van der Waals surface area (Å²) in [5.74, 6) is 0.